The third kappa shape index (κ3) is 4.67. The molecule has 2 aromatic rings. The van der Waals surface area contributed by atoms with Crippen LogP contribution in [0.4, 0.5) is 16.0 Å². The Labute approximate surface area is 151 Å². The summed E-state index contributed by atoms with van der Waals surface area (Å²) in [5.41, 5.74) is 0.731. The predicted molar refractivity (Wildman–Crippen MR) is 96.3 cm³/mol. The molecule has 1 aliphatic heterocycles. The molecule has 132 valence electrons. The van der Waals surface area contributed by atoms with Crippen molar-refractivity contribution in [3.63, 3.8) is 0 Å². The molecule has 1 aromatic heterocycles. The number of benzene rings is 1. The van der Waals surface area contributed by atoms with Crippen LogP contribution >= 0.6 is 23.1 Å². The maximum Gasteiger partial charge on any atom is 0.238 e. The molecule has 3 rings (SSSR count). The van der Waals surface area contributed by atoms with Gasteiger partial charge < -0.3 is 10.6 Å². The highest BCUT2D eigenvalue weighted by atomic mass is 32.2. The maximum absolute atomic E-state index is 12.1. The molecule has 1 atom stereocenters. The van der Waals surface area contributed by atoms with Gasteiger partial charge >= 0.3 is 0 Å². The van der Waals surface area contributed by atoms with E-state index in [2.05, 4.69) is 25.6 Å². The Morgan fingerprint density at radius 1 is 1.28 bits per heavy atom. The van der Waals surface area contributed by atoms with Gasteiger partial charge in [-0.15, -0.1) is 22.0 Å². The molecule has 25 heavy (non-hydrogen) atoms. The van der Waals surface area contributed by atoms with Crippen LogP contribution in [-0.2, 0) is 19.6 Å². The molecule has 0 spiro atoms. The third-order valence-electron chi connectivity index (χ3n) is 3.02. The number of carbonyl (C=O) groups is 2. The number of nitrogens with one attached hydrogen (secondary N) is 3. The first kappa shape index (κ1) is 17.6. The molecule has 9 nitrogen and oxygen atoms in total. The van der Waals surface area contributed by atoms with Gasteiger partial charge in [0.2, 0.25) is 32.1 Å². The summed E-state index contributed by atoms with van der Waals surface area (Å²) < 4.78 is 24.4. The number of hydrogen-bond donors (Lipinski definition) is 3. The van der Waals surface area contributed by atoms with Gasteiger partial charge in [0.05, 0.1) is 17.2 Å². The van der Waals surface area contributed by atoms with E-state index in [0.717, 1.165) is 28.2 Å². The average Bonchev–Trinajstić information content (AvgIpc) is 2.92. The molecular weight excluding hydrogens is 386 g/mol. The molecule has 1 unspecified atom stereocenters. The fraction of sp³-hybridized carbons (Fsp3) is 0.231. The Morgan fingerprint density at radius 2 is 2.00 bits per heavy atom. The Bertz CT molecular complexity index is 927. The highest BCUT2D eigenvalue weighted by molar-refractivity contribution is 8.01. The van der Waals surface area contributed by atoms with Crippen molar-refractivity contribution < 1.29 is 18.0 Å². The van der Waals surface area contributed by atoms with Crippen LogP contribution in [0.3, 0.4) is 0 Å². The van der Waals surface area contributed by atoms with Gasteiger partial charge in [-0.2, -0.15) is 0 Å². The van der Waals surface area contributed by atoms with Crippen LogP contribution in [0, 0.1) is 0 Å². The van der Waals surface area contributed by atoms with E-state index in [1.165, 1.54) is 11.8 Å². The van der Waals surface area contributed by atoms with E-state index in [1.807, 2.05) is 18.2 Å². The van der Waals surface area contributed by atoms with Crippen molar-refractivity contribution in [1.82, 2.24) is 10.2 Å². The molecule has 2 heterocycles. The summed E-state index contributed by atoms with van der Waals surface area (Å²) in [7, 11) is -3.46. The second kappa shape index (κ2) is 6.98. The Kier molecular flexibility index (Phi) is 4.92. The number of para-hydroxylation sites is 1. The normalized spacial score (nSPS) is 16.7. The number of hydrogen-bond acceptors (Lipinski definition) is 8. The number of sulfonamides is 1. The Hall–Kier alpha value is -2.18. The minimum absolute atomic E-state index is 0.0424. The lowest BCUT2D eigenvalue weighted by Gasteiger charge is -2.23. The largest absolute Gasteiger partial charge is 0.324 e. The molecule has 0 saturated carbocycles. The smallest absolute Gasteiger partial charge is 0.238 e. The third-order valence-corrected chi connectivity index (χ3v) is 5.74. The van der Waals surface area contributed by atoms with Crippen molar-refractivity contribution in [2.24, 2.45) is 0 Å². The van der Waals surface area contributed by atoms with Crippen LogP contribution in [0.15, 0.2) is 29.2 Å². The predicted octanol–water partition coefficient (Wildman–Crippen LogP) is 1.35. The summed E-state index contributed by atoms with van der Waals surface area (Å²) in [5, 5.41) is 12.2. The van der Waals surface area contributed by atoms with Crippen LogP contribution in [0.25, 0.3) is 0 Å². The van der Waals surface area contributed by atoms with E-state index in [0.29, 0.717) is 0 Å². The minimum Gasteiger partial charge on any atom is -0.324 e. The van der Waals surface area contributed by atoms with Crippen LogP contribution in [-0.4, -0.2) is 41.9 Å². The summed E-state index contributed by atoms with van der Waals surface area (Å²) in [6.07, 6.45) is 0.947. The number of anilines is 3. The van der Waals surface area contributed by atoms with Gasteiger partial charge in [-0.1, -0.05) is 23.5 Å². The van der Waals surface area contributed by atoms with E-state index in [4.69, 9.17) is 0 Å². The number of carbonyl (C=O) groups excluding carboxylic acids is 2. The van der Waals surface area contributed by atoms with Crippen molar-refractivity contribution in [2.45, 2.75) is 16.6 Å². The number of fused-ring (bicyclic) bond motifs is 1. The molecule has 2 amide bonds. The molecular formula is C13H13N5O4S3. The molecule has 1 aromatic carbocycles. The molecule has 0 fully saturated rings. The van der Waals surface area contributed by atoms with Gasteiger partial charge in [0, 0.05) is 11.3 Å². The second-order valence-electron chi connectivity index (χ2n) is 5.13. The molecule has 0 aliphatic carbocycles. The minimum atomic E-state index is -3.46. The summed E-state index contributed by atoms with van der Waals surface area (Å²) in [6.45, 7) is 0. The maximum atomic E-state index is 12.1. The van der Waals surface area contributed by atoms with Gasteiger partial charge in [-0.05, 0) is 12.1 Å². The molecule has 0 saturated heterocycles. The SMILES string of the molecule is CS(=O)(=O)Nc1nnc(NC(=O)CC2Sc3ccccc3NC2=O)s1. The van der Waals surface area contributed by atoms with E-state index >= 15 is 0 Å². The van der Waals surface area contributed by atoms with Crippen LogP contribution < -0.4 is 15.4 Å². The summed E-state index contributed by atoms with van der Waals surface area (Å²) in [4.78, 5) is 25.1. The quantitative estimate of drug-likeness (QED) is 0.692. The van der Waals surface area contributed by atoms with Gasteiger partial charge in [-0.25, -0.2) is 8.42 Å². The zero-order valence-electron chi connectivity index (χ0n) is 12.8. The molecule has 0 bridgehead atoms. The van der Waals surface area contributed by atoms with Crippen molar-refractivity contribution in [2.75, 3.05) is 21.6 Å². The fourth-order valence-corrected chi connectivity index (χ4v) is 4.64. The Balaban J connectivity index is 1.61. The van der Waals surface area contributed by atoms with Gasteiger partial charge in [0.15, 0.2) is 0 Å². The lowest BCUT2D eigenvalue weighted by atomic mass is 10.2. The lowest BCUT2D eigenvalue weighted by molar-refractivity contribution is -0.120. The zero-order chi connectivity index (χ0) is 18.0. The molecule has 0 radical (unpaired) electrons. The standard InChI is InChI=1S/C13H13N5O4S3/c1-25(21,22)18-13-17-16-12(24-13)15-10(19)6-9-11(20)14-7-4-2-3-5-8(7)23-9/h2-5,9H,6H2,1H3,(H,14,20)(H,17,18)(H,15,16,19). The average molecular weight is 399 g/mol. The molecule has 12 heteroatoms. The molecule has 1 aliphatic rings. The topological polar surface area (TPSA) is 130 Å². The van der Waals surface area contributed by atoms with Crippen LogP contribution in [0.2, 0.25) is 0 Å². The van der Waals surface area contributed by atoms with Crippen LogP contribution in [0.1, 0.15) is 6.42 Å². The first-order valence-corrected chi connectivity index (χ1v) is 10.6. The van der Waals surface area contributed by atoms with Crippen LogP contribution in [0.5, 0.6) is 0 Å². The van der Waals surface area contributed by atoms with E-state index < -0.39 is 21.2 Å². The highest BCUT2D eigenvalue weighted by Crippen LogP contribution is 2.36. The van der Waals surface area contributed by atoms with Crippen molar-refractivity contribution in [3.8, 4) is 0 Å². The molecule has 3 N–H and O–H groups in total. The monoisotopic (exact) mass is 399 g/mol. The summed E-state index contributed by atoms with van der Waals surface area (Å²) in [6, 6.07) is 7.36. The first-order chi connectivity index (χ1) is 11.8. The van der Waals surface area contributed by atoms with E-state index in [1.54, 1.807) is 6.07 Å². The zero-order valence-corrected chi connectivity index (χ0v) is 15.3. The summed E-state index contributed by atoms with van der Waals surface area (Å²) in [5.74, 6) is -0.648. The number of aromatic nitrogens is 2. The van der Waals surface area contributed by atoms with Gasteiger partial charge in [0.1, 0.15) is 0 Å². The number of nitrogens with zero attached hydrogens (tertiary/aromatic N) is 2. The highest BCUT2D eigenvalue weighted by Gasteiger charge is 2.29. The number of thioether (sulfide) groups is 1. The van der Waals surface area contributed by atoms with Gasteiger partial charge in [-0.3, -0.25) is 14.3 Å². The second-order valence-corrected chi connectivity index (χ2v) is 9.10. The van der Waals surface area contributed by atoms with E-state index in [9.17, 15) is 18.0 Å². The first-order valence-electron chi connectivity index (χ1n) is 6.98. The number of rotatable bonds is 5. The van der Waals surface area contributed by atoms with Crippen molar-refractivity contribution in [3.05, 3.63) is 24.3 Å². The van der Waals surface area contributed by atoms with Crippen molar-refractivity contribution >= 4 is 60.9 Å². The number of amides is 2. The lowest BCUT2D eigenvalue weighted by Crippen LogP contribution is -2.32. The fourth-order valence-electron chi connectivity index (χ4n) is 2.04. The van der Waals surface area contributed by atoms with E-state index in [-0.39, 0.29) is 22.6 Å². The van der Waals surface area contributed by atoms with Crippen molar-refractivity contribution in [1.29, 1.82) is 0 Å². The Morgan fingerprint density at radius 3 is 2.76 bits per heavy atom. The van der Waals surface area contributed by atoms with Gasteiger partial charge in [0.25, 0.3) is 0 Å². The summed E-state index contributed by atoms with van der Waals surface area (Å²) >= 11 is 2.21.